The van der Waals surface area contributed by atoms with Crippen molar-refractivity contribution in [1.29, 1.82) is 0 Å². The molecule has 6 heteroatoms. The molecule has 1 saturated heterocycles. The summed E-state index contributed by atoms with van der Waals surface area (Å²) >= 11 is 1.40. The van der Waals surface area contributed by atoms with E-state index >= 15 is 0 Å². The zero-order valence-electron chi connectivity index (χ0n) is 11.7. The van der Waals surface area contributed by atoms with Crippen molar-refractivity contribution in [3.8, 4) is 0 Å². The smallest absolute Gasteiger partial charge is 0.261 e. The van der Waals surface area contributed by atoms with Crippen LogP contribution in [0.3, 0.4) is 0 Å². The van der Waals surface area contributed by atoms with E-state index in [0.717, 1.165) is 29.5 Å². The summed E-state index contributed by atoms with van der Waals surface area (Å²) in [6.45, 7) is 3.10. The number of hydrogen-bond acceptors (Lipinski definition) is 3. The lowest BCUT2D eigenvalue weighted by molar-refractivity contribution is 0.0924. The number of rotatable bonds is 2. The quantitative estimate of drug-likeness (QED) is 0.887. The minimum Gasteiger partial charge on any atom is -0.347 e. The van der Waals surface area contributed by atoms with Crippen LogP contribution in [0.4, 0.5) is 4.39 Å². The molecular weight excluding hydrogens is 311 g/mol. The van der Waals surface area contributed by atoms with Crippen LogP contribution >= 0.6 is 23.7 Å². The number of carbonyl (C=O) groups excluding carboxylic acids is 1. The van der Waals surface area contributed by atoms with Crippen LogP contribution < -0.4 is 10.6 Å². The molecule has 1 aliphatic heterocycles. The molecule has 1 aromatic carbocycles. The van der Waals surface area contributed by atoms with Crippen LogP contribution in [0, 0.1) is 5.82 Å². The minimum absolute atomic E-state index is 0. The molecule has 0 radical (unpaired) electrons. The lowest BCUT2D eigenvalue weighted by atomic mass is 10.00. The Bertz CT molecular complexity index is 646. The van der Waals surface area contributed by atoms with E-state index in [4.69, 9.17) is 0 Å². The van der Waals surface area contributed by atoms with E-state index in [2.05, 4.69) is 17.6 Å². The van der Waals surface area contributed by atoms with Gasteiger partial charge in [-0.1, -0.05) is 0 Å². The zero-order chi connectivity index (χ0) is 14.1. The van der Waals surface area contributed by atoms with Crippen LogP contribution in [0.2, 0.25) is 0 Å². The Balaban J connectivity index is 0.00000161. The van der Waals surface area contributed by atoms with Crippen molar-refractivity contribution >= 4 is 39.7 Å². The number of nitrogens with one attached hydrogen (secondary N) is 2. The van der Waals surface area contributed by atoms with Crippen molar-refractivity contribution in [2.24, 2.45) is 0 Å². The molecule has 2 aromatic rings. The normalized spacial score (nSPS) is 21.8. The second-order valence-corrected chi connectivity index (χ2v) is 6.34. The third-order valence-electron chi connectivity index (χ3n) is 3.78. The second-order valence-electron chi connectivity index (χ2n) is 5.26. The van der Waals surface area contributed by atoms with Crippen LogP contribution in [0.1, 0.15) is 29.4 Å². The van der Waals surface area contributed by atoms with Gasteiger partial charge in [0.2, 0.25) is 0 Å². The molecule has 1 aliphatic rings. The Hall–Kier alpha value is -1.17. The first kappa shape index (κ1) is 16.2. The summed E-state index contributed by atoms with van der Waals surface area (Å²) in [6.07, 6.45) is 2.08. The third kappa shape index (κ3) is 3.54. The highest BCUT2D eigenvalue weighted by Crippen LogP contribution is 2.26. The highest BCUT2D eigenvalue weighted by Gasteiger charge is 2.23. The van der Waals surface area contributed by atoms with Gasteiger partial charge in [-0.25, -0.2) is 4.39 Å². The van der Waals surface area contributed by atoms with Gasteiger partial charge in [0.05, 0.1) is 4.88 Å². The van der Waals surface area contributed by atoms with Crippen LogP contribution in [-0.4, -0.2) is 24.5 Å². The van der Waals surface area contributed by atoms with Gasteiger partial charge >= 0.3 is 0 Å². The zero-order valence-corrected chi connectivity index (χ0v) is 13.3. The molecule has 2 heterocycles. The van der Waals surface area contributed by atoms with E-state index < -0.39 is 0 Å². The van der Waals surface area contributed by atoms with Gasteiger partial charge in [0.15, 0.2) is 0 Å². The van der Waals surface area contributed by atoms with Gasteiger partial charge < -0.3 is 10.6 Å². The fourth-order valence-electron chi connectivity index (χ4n) is 2.61. The maximum absolute atomic E-state index is 13.2. The molecule has 0 bridgehead atoms. The van der Waals surface area contributed by atoms with E-state index in [1.165, 1.54) is 23.5 Å². The molecular formula is C15H18ClFN2OS. The van der Waals surface area contributed by atoms with Gasteiger partial charge in [-0.2, -0.15) is 0 Å². The second kappa shape index (κ2) is 6.73. The van der Waals surface area contributed by atoms with Crippen molar-refractivity contribution in [1.82, 2.24) is 10.6 Å². The minimum atomic E-state index is -0.271. The first-order chi connectivity index (χ1) is 9.63. The Labute approximate surface area is 133 Å². The third-order valence-corrected chi connectivity index (χ3v) is 4.90. The predicted molar refractivity (Wildman–Crippen MR) is 87.0 cm³/mol. The number of hydrogen-bond donors (Lipinski definition) is 2. The Kier molecular flexibility index (Phi) is 5.19. The highest BCUT2D eigenvalue weighted by atomic mass is 35.5. The summed E-state index contributed by atoms with van der Waals surface area (Å²) in [6, 6.07) is 6.83. The van der Waals surface area contributed by atoms with Gasteiger partial charge in [-0.3, -0.25) is 4.79 Å². The van der Waals surface area contributed by atoms with Crippen molar-refractivity contribution < 1.29 is 9.18 Å². The molecule has 21 heavy (non-hydrogen) atoms. The van der Waals surface area contributed by atoms with E-state index in [0.29, 0.717) is 10.9 Å². The summed E-state index contributed by atoms with van der Waals surface area (Å²) < 4.78 is 14.1. The maximum Gasteiger partial charge on any atom is 0.261 e. The molecule has 3 rings (SSSR count). The molecule has 2 atom stereocenters. The number of halogens is 2. The van der Waals surface area contributed by atoms with Crippen LogP contribution in [-0.2, 0) is 0 Å². The summed E-state index contributed by atoms with van der Waals surface area (Å²) in [5.41, 5.74) is 0. The fraction of sp³-hybridized carbons (Fsp3) is 0.400. The predicted octanol–water partition coefficient (Wildman–Crippen LogP) is 3.33. The van der Waals surface area contributed by atoms with Crippen LogP contribution in [0.15, 0.2) is 24.3 Å². The SMILES string of the molecule is CC1NCCCC1NC(=O)c1cc2cc(F)ccc2s1.Cl. The molecule has 2 N–H and O–H groups in total. The molecule has 114 valence electrons. The Morgan fingerprint density at radius 2 is 2.24 bits per heavy atom. The van der Waals surface area contributed by atoms with E-state index in [-0.39, 0.29) is 30.2 Å². The molecule has 0 aliphatic carbocycles. The van der Waals surface area contributed by atoms with E-state index in [9.17, 15) is 9.18 Å². The van der Waals surface area contributed by atoms with Crippen molar-refractivity contribution in [2.45, 2.75) is 31.8 Å². The largest absolute Gasteiger partial charge is 0.347 e. The average Bonchev–Trinajstić information content (AvgIpc) is 2.84. The number of benzene rings is 1. The molecule has 0 spiro atoms. The topological polar surface area (TPSA) is 41.1 Å². The first-order valence-electron chi connectivity index (χ1n) is 6.87. The molecule has 1 aromatic heterocycles. The molecule has 1 fully saturated rings. The summed E-state index contributed by atoms with van der Waals surface area (Å²) in [5, 5.41) is 7.22. The summed E-state index contributed by atoms with van der Waals surface area (Å²) in [7, 11) is 0. The number of thiophene rings is 1. The number of amides is 1. The van der Waals surface area contributed by atoms with Crippen LogP contribution in [0.5, 0.6) is 0 Å². The number of carbonyl (C=O) groups is 1. The van der Waals surface area contributed by atoms with Crippen LogP contribution in [0.25, 0.3) is 10.1 Å². The van der Waals surface area contributed by atoms with Crippen molar-refractivity contribution in [3.05, 3.63) is 35.0 Å². The lowest BCUT2D eigenvalue weighted by Crippen LogP contribution is -2.51. The molecule has 0 saturated carbocycles. The first-order valence-corrected chi connectivity index (χ1v) is 7.68. The Morgan fingerprint density at radius 1 is 1.43 bits per heavy atom. The van der Waals surface area contributed by atoms with Gasteiger partial charge in [0.1, 0.15) is 5.82 Å². The van der Waals surface area contributed by atoms with Gasteiger partial charge in [-0.15, -0.1) is 23.7 Å². The number of fused-ring (bicyclic) bond motifs is 1. The van der Waals surface area contributed by atoms with Crippen molar-refractivity contribution in [3.63, 3.8) is 0 Å². The van der Waals surface area contributed by atoms with Crippen molar-refractivity contribution in [2.75, 3.05) is 6.54 Å². The number of piperidine rings is 1. The van der Waals surface area contributed by atoms with Gasteiger partial charge in [-0.05, 0) is 56.0 Å². The molecule has 3 nitrogen and oxygen atoms in total. The van der Waals surface area contributed by atoms with E-state index in [1.807, 2.05) is 0 Å². The average molecular weight is 329 g/mol. The lowest BCUT2D eigenvalue weighted by Gasteiger charge is -2.30. The van der Waals surface area contributed by atoms with Gasteiger partial charge in [0.25, 0.3) is 5.91 Å². The monoisotopic (exact) mass is 328 g/mol. The standard InChI is InChI=1S/C15H17FN2OS.ClH/c1-9-12(3-2-6-17-9)18-15(19)14-8-10-7-11(16)4-5-13(10)20-14;/h4-5,7-9,12,17H,2-3,6H2,1H3,(H,18,19);1H. The highest BCUT2D eigenvalue weighted by molar-refractivity contribution is 7.20. The molecule has 2 unspecified atom stereocenters. The Morgan fingerprint density at radius 3 is 3.00 bits per heavy atom. The molecule has 1 amide bonds. The van der Waals surface area contributed by atoms with Gasteiger partial charge in [0, 0.05) is 16.8 Å². The maximum atomic E-state index is 13.2. The van der Waals surface area contributed by atoms with E-state index in [1.54, 1.807) is 12.1 Å². The summed E-state index contributed by atoms with van der Waals surface area (Å²) in [5.74, 6) is -0.334. The summed E-state index contributed by atoms with van der Waals surface area (Å²) in [4.78, 5) is 12.9. The fourth-order valence-corrected chi connectivity index (χ4v) is 3.55.